The summed E-state index contributed by atoms with van der Waals surface area (Å²) in [6.45, 7) is 6.35. The molecule has 14 heavy (non-hydrogen) atoms. The predicted molar refractivity (Wildman–Crippen MR) is 56.8 cm³/mol. The minimum atomic E-state index is 0.304. The van der Waals surface area contributed by atoms with Gasteiger partial charge >= 0.3 is 0 Å². The summed E-state index contributed by atoms with van der Waals surface area (Å²) in [6, 6.07) is 0. The highest BCUT2D eigenvalue weighted by Gasteiger charge is 2.14. The number of hydrogen-bond donors (Lipinski definition) is 0. The van der Waals surface area contributed by atoms with Crippen LogP contribution in [0.15, 0.2) is 6.20 Å². The molecular weight excluding hydrogens is 200 g/mol. The van der Waals surface area contributed by atoms with E-state index in [1.165, 1.54) is 0 Å². The molecule has 1 atom stereocenters. The van der Waals surface area contributed by atoms with Crippen LogP contribution >= 0.6 is 11.6 Å². The Hall–Kier alpha value is -0.830. The van der Waals surface area contributed by atoms with Gasteiger partial charge in [-0.15, -0.1) is 0 Å². The lowest BCUT2D eigenvalue weighted by Crippen LogP contribution is -2.07. The molecule has 0 N–H and O–H groups in total. The molecule has 1 aromatic rings. The van der Waals surface area contributed by atoms with E-state index in [2.05, 4.69) is 30.7 Å². The fourth-order valence-electron chi connectivity index (χ4n) is 1.02. The van der Waals surface area contributed by atoms with E-state index in [-0.39, 0.29) is 0 Å². The first-order chi connectivity index (χ1) is 6.56. The van der Waals surface area contributed by atoms with Crippen molar-refractivity contribution in [1.82, 2.24) is 9.97 Å². The molecule has 1 heterocycles. The third kappa shape index (κ3) is 2.35. The van der Waals surface area contributed by atoms with E-state index in [1.807, 2.05) is 0 Å². The predicted octanol–water partition coefficient (Wildman–Crippen LogP) is 2.90. The number of hydrogen-bond acceptors (Lipinski definition) is 3. The third-order valence-electron chi connectivity index (χ3n) is 2.36. The topological polar surface area (TPSA) is 35.0 Å². The van der Waals surface area contributed by atoms with Crippen molar-refractivity contribution in [3.63, 3.8) is 0 Å². The van der Waals surface area contributed by atoms with E-state index in [0.717, 1.165) is 5.82 Å². The fraction of sp³-hybridized carbons (Fsp3) is 0.600. The first kappa shape index (κ1) is 11.2. The van der Waals surface area contributed by atoms with Crippen molar-refractivity contribution in [3.05, 3.63) is 17.2 Å². The second kappa shape index (κ2) is 4.60. The van der Waals surface area contributed by atoms with Crippen LogP contribution in [0.1, 0.15) is 32.5 Å². The van der Waals surface area contributed by atoms with Gasteiger partial charge in [0, 0.05) is 5.92 Å². The van der Waals surface area contributed by atoms with Gasteiger partial charge in [-0.1, -0.05) is 32.4 Å². The summed E-state index contributed by atoms with van der Waals surface area (Å²) < 4.78 is 4.98. The maximum Gasteiger partial charge on any atom is 0.174 e. The molecule has 0 aromatic carbocycles. The van der Waals surface area contributed by atoms with Crippen LogP contribution in [0.4, 0.5) is 0 Å². The first-order valence-corrected chi connectivity index (χ1v) is 5.00. The molecule has 0 fully saturated rings. The van der Waals surface area contributed by atoms with Crippen LogP contribution in [0.25, 0.3) is 0 Å². The summed E-state index contributed by atoms with van der Waals surface area (Å²) in [5.41, 5.74) is 0. The van der Waals surface area contributed by atoms with E-state index in [4.69, 9.17) is 16.3 Å². The van der Waals surface area contributed by atoms with E-state index in [0.29, 0.717) is 22.7 Å². The molecule has 0 saturated carbocycles. The summed E-state index contributed by atoms with van der Waals surface area (Å²) in [6.07, 6.45) is 1.61. The molecule has 0 saturated heterocycles. The highest BCUT2D eigenvalue weighted by molar-refractivity contribution is 6.30. The SMILES string of the molecule is COc1cnc(C(C)C(C)C)nc1Cl. The molecule has 4 heteroatoms. The van der Waals surface area contributed by atoms with Crippen molar-refractivity contribution in [2.45, 2.75) is 26.7 Å². The summed E-state index contributed by atoms with van der Waals surface area (Å²) >= 11 is 5.90. The Morgan fingerprint density at radius 3 is 2.43 bits per heavy atom. The highest BCUT2D eigenvalue weighted by atomic mass is 35.5. The largest absolute Gasteiger partial charge is 0.492 e. The average Bonchev–Trinajstić information content (AvgIpc) is 2.16. The van der Waals surface area contributed by atoms with Gasteiger partial charge < -0.3 is 4.74 Å². The zero-order valence-electron chi connectivity index (χ0n) is 8.91. The minimum Gasteiger partial charge on any atom is -0.492 e. The van der Waals surface area contributed by atoms with Crippen molar-refractivity contribution in [2.75, 3.05) is 7.11 Å². The molecule has 0 spiro atoms. The Morgan fingerprint density at radius 1 is 1.36 bits per heavy atom. The molecule has 3 nitrogen and oxygen atoms in total. The van der Waals surface area contributed by atoms with E-state index < -0.39 is 0 Å². The molecule has 0 aliphatic rings. The van der Waals surface area contributed by atoms with Crippen LogP contribution in [0.5, 0.6) is 5.75 Å². The zero-order valence-corrected chi connectivity index (χ0v) is 9.67. The van der Waals surface area contributed by atoms with Gasteiger partial charge in [-0.05, 0) is 5.92 Å². The molecular formula is C10H15ClN2O. The fourth-order valence-corrected chi connectivity index (χ4v) is 1.23. The molecule has 0 aliphatic heterocycles. The Bertz CT molecular complexity index is 315. The maximum atomic E-state index is 5.90. The monoisotopic (exact) mass is 214 g/mol. The minimum absolute atomic E-state index is 0.304. The lowest BCUT2D eigenvalue weighted by Gasteiger charge is -2.14. The molecule has 0 radical (unpaired) electrons. The Morgan fingerprint density at radius 2 is 2.00 bits per heavy atom. The smallest absolute Gasteiger partial charge is 0.174 e. The maximum absolute atomic E-state index is 5.90. The lowest BCUT2D eigenvalue weighted by atomic mass is 9.97. The Kier molecular flexibility index (Phi) is 3.69. The number of aromatic nitrogens is 2. The highest BCUT2D eigenvalue weighted by Crippen LogP contribution is 2.25. The molecule has 1 aromatic heterocycles. The standard InChI is InChI=1S/C10H15ClN2O/c1-6(2)7(3)10-12-5-8(14-4)9(11)13-10/h5-7H,1-4H3. The molecule has 1 unspecified atom stereocenters. The Labute approximate surface area is 89.5 Å². The summed E-state index contributed by atoms with van der Waals surface area (Å²) in [7, 11) is 1.55. The zero-order chi connectivity index (χ0) is 10.7. The van der Waals surface area contributed by atoms with Crippen LogP contribution in [-0.4, -0.2) is 17.1 Å². The van der Waals surface area contributed by atoms with Gasteiger partial charge in [0.2, 0.25) is 0 Å². The van der Waals surface area contributed by atoms with Crippen molar-refractivity contribution in [1.29, 1.82) is 0 Å². The van der Waals surface area contributed by atoms with Gasteiger partial charge in [0.25, 0.3) is 0 Å². The number of rotatable bonds is 3. The number of halogens is 1. The van der Waals surface area contributed by atoms with Gasteiger partial charge in [-0.25, -0.2) is 9.97 Å². The van der Waals surface area contributed by atoms with Crippen LogP contribution in [0.3, 0.4) is 0 Å². The molecule has 0 aliphatic carbocycles. The van der Waals surface area contributed by atoms with Gasteiger partial charge in [0.1, 0.15) is 5.82 Å². The quantitative estimate of drug-likeness (QED) is 0.726. The van der Waals surface area contributed by atoms with Crippen LogP contribution in [-0.2, 0) is 0 Å². The normalized spacial score (nSPS) is 13.0. The van der Waals surface area contributed by atoms with E-state index in [1.54, 1.807) is 13.3 Å². The number of ether oxygens (including phenoxy) is 1. The van der Waals surface area contributed by atoms with Gasteiger partial charge in [0.15, 0.2) is 10.9 Å². The third-order valence-corrected chi connectivity index (χ3v) is 2.63. The summed E-state index contributed by atoms with van der Waals surface area (Å²) in [5.74, 6) is 2.09. The van der Waals surface area contributed by atoms with Crippen molar-refractivity contribution in [2.24, 2.45) is 5.92 Å². The lowest BCUT2D eigenvalue weighted by molar-refractivity contribution is 0.408. The van der Waals surface area contributed by atoms with Gasteiger partial charge in [-0.3, -0.25) is 0 Å². The summed E-state index contributed by atoms with van der Waals surface area (Å²) in [4.78, 5) is 8.41. The Balaban J connectivity index is 2.96. The van der Waals surface area contributed by atoms with E-state index >= 15 is 0 Å². The molecule has 78 valence electrons. The van der Waals surface area contributed by atoms with Crippen molar-refractivity contribution >= 4 is 11.6 Å². The number of nitrogens with zero attached hydrogens (tertiary/aromatic N) is 2. The summed E-state index contributed by atoms with van der Waals surface area (Å²) in [5, 5.41) is 0.380. The van der Waals surface area contributed by atoms with Crippen molar-refractivity contribution in [3.8, 4) is 5.75 Å². The molecule has 0 bridgehead atoms. The van der Waals surface area contributed by atoms with Crippen molar-refractivity contribution < 1.29 is 4.74 Å². The number of methoxy groups -OCH3 is 1. The second-order valence-electron chi connectivity index (χ2n) is 3.62. The van der Waals surface area contributed by atoms with Crippen LogP contribution in [0, 0.1) is 5.92 Å². The first-order valence-electron chi connectivity index (χ1n) is 4.62. The second-order valence-corrected chi connectivity index (χ2v) is 3.98. The van der Waals surface area contributed by atoms with Crippen LogP contribution in [0.2, 0.25) is 5.15 Å². The molecule has 0 amide bonds. The van der Waals surface area contributed by atoms with Crippen LogP contribution < -0.4 is 4.74 Å². The van der Waals surface area contributed by atoms with E-state index in [9.17, 15) is 0 Å². The average molecular weight is 215 g/mol. The molecule has 1 rings (SSSR count). The van der Waals surface area contributed by atoms with Gasteiger partial charge in [-0.2, -0.15) is 0 Å². The van der Waals surface area contributed by atoms with Gasteiger partial charge in [0.05, 0.1) is 13.3 Å².